The number of piperidine rings is 1. The molecule has 4 fully saturated rings. The molecule has 0 aromatic heterocycles. The fraction of sp³-hybridized carbons (Fsp3) is 0.947. The van der Waals surface area contributed by atoms with Crippen LogP contribution in [0.25, 0.3) is 0 Å². The van der Waals surface area contributed by atoms with E-state index in [1.807, 2.05) is 0 Å². The summed E-state index contributed by atoms with van der Waals surface area (Å²) in [5.41, 5.74) is 0.992. The molecule has 0 radical (unpaired) electrons. The number of hydrogen-bond acceptors (Lipinski definition) is 1. The second kappa shape index (κ2) is 4.49. The Kier molecular flexibility index (Phi) is 3.01. The smallest absolute Gasteiger partial charge is 0.220 e. The summed E-state index contributed by atoms with van der Waals surface area (Å²) in [7, 11) is 0. The predicted molar refractivity (Wildman–Crippen MR) is 84.7 cm³/mol. The molecule has 2 heteroatoms. The van der Waals surface area contributed by atoms with E-state index in [-0.39, 0.29) is 0 Å². The van der Waals surface area contributed by atoms with E-state index >= 15 is 0 Å². The zero-order chi connectivity index (χ0) is 14.8. The molecule has 0 aromatic carbocycles. The van der Waals surface area contributed by atoms with Crippen molar-refractivity contribution in [1.29, 1.82) is 0 Å². The zero-order valence-electron chi connectivity index (χ0n) is 14.0. The Morgan fingerprint density at radius 3 is 2.52 bits per heavy atom. The molecule has 1 N–H and O–H groups in total. The third-order valence-electron chi connectivity index (χ3n) is 8.57. The highest BCUT2D eigenvalue weighted by Gasteiger charge is 2.59. The minimum absolute atomic E-state index is 0.297. The molecule has 0 aromatic rings. The van der Waals surface area contributed by atoms with Crippen molar-refractivity contribution in [1.82, 2.24) is 5.32 Å². The van der Waals surface area contributed by atoms with E-state index in [1.54, 1.807) is 0 Å². The van der Waals surface area contributed by atoms with E-state index in [4.69, 9.17) is 0 Å². The van der Waals surface area contributed by atoms with Crippen molar-refractivity contribution in [2.24, 2.45) is 34.5 Å². The van der Waals surface area contributed by atoms with Crippen LogP contribution < -0.4 is 5.32 Å². The molecule has 1 heterocycles. The maximum atomic E-state index is 11.8. The summed E-state index contributed by atoms with van der Waals surface area (Å²) < 4.78 is 0. The molecule has 0 spiro atoms. The maximum Gasteiger partial charge on any atom is 0.220 e. The van der Waals surface area contributed by atoms with E-state index in [2.05, 4.69) is 26.1 Å². The first kappa shape index (κ1) is 14.1. The number of hydrogen-bond donors (Lipinski definition) is 1. The first-order chi connectivity index (χ1) is 9.95. The number of carbonyl (C=O) groups is 1. The summed E-state index contributed by atoms with van der Waals surface area (Å²) in [6.45, 7) is 7.58. The van der Waals surface area contributed by atoms with Crippen LogP contribution in [0.5, 0.6) is 0 Å². The van der Waals surface area contributed by atoms with Crippen molar-refractivity contribution in [2.45, 2.75) is 78.2 Å². The van der Waals surface area contributed by atoms with Crippen LogP contribution in [0.15, 0.2) is 0 Å². The predicted octanol–water partition coefficient (Wildman–Crippen LogP) is 4.14. The standard InChI is InChI=1S/C19H31NO/c1-12-4-6-14-13-5-7-16-19(3,11-9-17(21)20-16)15(13)8-10-18(12,14)2/h12-16H,4-11H2,1-3H3,(H,20,21)/t12-,13-,14-,15-,16+,18+,19+/m0/s1. The molecule has 4 aliphatic rings. The van der Waals surface area contributed by atoms with Gasteiger partial charge in [-0.15, -0.1) is 0 Å². The highest BCUT2D eigenvalue weighted by Crippen LogP contribution is 2.65. The lowest BCUT2D eigenvalue weighted by Gasteiger charge is -2.60. The average molecular weight is 289 g/mol. The van der Waals surface area contributed by atoms with Gasteiger partial charge in [0.2, 0.25) is 5.91 Å². The van der Waals surface area contributed by atoms with Crippen molar-refractivity contribution < 1.29 is 4.79 Å². The molecule has 0 unspecified atom stereocenters. The van der Waals surface area contributed by atoms with Crippen LogP contribution in [-0.4, -0.2) is 11.9 Å². The van der Waals surface area contributed by atoms with E-state index in [1.165, 1.54) is 38.5 Å². The number of rotatable bonds is 0. The van der Waals surface area contributed by atoms with Crippen LogP contribution in [-0.2, 0) is 4.79 Å². The molecular formula is C19H31NO. The van der Waals surface area contributed by atoms with Crippen molar-refractivity contribution >= 4 is 5.91 Å². The molecule has 21 heavy (non-hydrogen) atoms. The third kappa shape index (κ3) is 1.80. The van der Waals surface area contributed by atoms with E-state index in [9.17, 15) is 4.79 Å². The Labute approximate surface area is 129 Å². The van der Waals surface area contributed by atoms with Crippen LogP contribution in [0.2, 0.25) is 0 Å². The Hall–Kier alpha value is -0.530. The minimum atomic E-state index is 0.297. The van der Waals surface area contributed by atoms with Crippen LogP contribution in [0.3, 0.4) is 0 Å². The Bertz CT molecular complexity index is 460. The first-order valence-electron chi connectivity index (χ1n) is 9.24. The molecule has 4 rings (SSSR count). The molecule has 3 saturated carbocycles. The normalized spacial score (nSPS) is 56.1. The van der Waals surface area contributed by atoms with Crippen molar-refractivity contribution in [3.63, 3.8) is 0 Å². The van der Waals surface area contributed by atoms with E-state index in [0.29, 0.717) is 22.8 Å². The van der Waals surface area contributed by atoms with Gasteiger partial charge >= 0.3 is 0 Å². The number of amides is 1. The monoisotopic (exact) mass is 289 g/mol. The van der Waals surface area contributed by atoms with Crippen LogP contribution in [0, 0.1) is 34.5 Å². The van der Waals surface area contributed by atoms with E-state index in [0.717, 1.165) is 36.5 Å². The molecule has 7 atom stereocenters. The summed E-state index contributed by atoms with van der Waals surface area (Å²) in [6.07, 6.45) is 10.2. The number of nitrogens with one attached hydrogen (secondary N) is 1. The lowest BCUT2D eigenvalue weighted by molar-refractivity contribution is -0.136. The van der Waals surface area contributed by atoms with Gasteiger partial charge in [0.15, 0.2) is 0 Å². The van der Waals surface area contributed by atoms with Crippen LogP contribution in [0.1, 0.15) is 72.1 Å². The van der Waals surface area contributed by atoms with Crippen LogP contribution in [0.4, 0.5) is 0 Å². The van der Waals surface area contributed by atoms with Gasteiger partial charge in [-0.05, 0) is 79.4 Å². The second-order valence-corrected chi connectivity index (χ2v) is 9.10. The maximum absolute atomic E-state index is 11.8. The largest absolute Gasteiger partial charge is 0.353 e. The van der Waals surface area contributed by atoms with Crippen molar-refractivity contribution in [3.8, 4) is 0 Å². The summed E-state index contributed by atoms with van der Waals surface area (Å²) in [5.74, 6) is 3.97. The van der Waals surface area contributed by atoms with Gasteiger partial charge < -0.3 is 5.32 Å². The lowest BCUT2D eigenvalue weighted by Crippen LogP contribution is -2.60. The Morgan fingerprint density at radius 2 is 1.71 bits per heavy atom. The van der Waals surface area contributed by atoms with Crippen molar-refractivity contribution in [2.75, 3.05) is 0 Å². The second-order valence-electron chi connectivity index (χ2n) is 9.10. The molecule has 2 nitrogen and oxygen atoms in total. The fourth-order valence-corrected chi connectivity index (χ4v) is 6.96. The first-order valence-corrected chi connectivity index (χ1v) is 9.24. The van der Waals surface area contributed by atoms with Gasteiger partial charge in [-0.2, -0.15) is 0 Å². The molecule has 1 saturated heterocycles. The molecule has 0 bridgehead atoms. The number of fused-ring (bicyclic) bond motifs is 5. The molecule has 3 aliphatic carbocycles. The van der Waals surface area contributed by atoms with Gasteiger partial charge in [-0.1, -0.05) is 20.8 Å². The molecule has 118 valence electrons. The Balaban J connectivity index is 1.64. The van der Waals surface area contributed by atoms with Gasteiger partial charge in [-0.3, -0.25) is 4.79 Å². The third-order valence-corrected chi connectivity index (χ3v) is 8.57. The van der Waals surface area contributed by atoms with Crippen molar-refractivity contribution in [3.05, 3.63) is 0 Å². The lowest BCUT2D eigenvalue weighted by atomic mass is 9.47. The molecule has 1 aliphatic heterocycles. The Morgan fingerprint density at radius 1 is 0.952 bits per heavy atom. The number of carbonyl (C=O) groups excluding carboxylic acids is 1. The fourth-order valence-electron chi connectivity index (χ4n) is 6.96. The van der Waals surface area contributed by atoms with Gasteiger partial charge in [0, 0.05) is 12.5 Å². The zero-order valence-corrected chi connectivity index (χ0v) is 14.0. The van der Waals surface area contributed by atoms with Crippen LogP contribution >= 0.6 is 0 Å². The molecule has 1 amide bonds. The highest BCUT2D eigenvalue weighted by molar-refractivity contribution is 5.77. The topological polar surface area (TPSA) is 29.1 Å². The highest BCUT2D eigenvalue weighted by atomic mass is 16.1. The van der Waals surface area contributed by atoms with E-state index < -0.39 is 0 Å². The van der Waals surface area contributed by atoms with Gasteiger partial charge in [0.1, 0.15) is 0 Å². The van der Waals surface area contributed by atoms with Gasteiger partial charge in [-0.25, -0.2) is 0 Å². The minimum Gasteiger partial charge on any atom is -0.353 e. The quantitative estimate of drug-likeness (QED) is 0.713. The summed E-state index contributed by atoms with van der Waals surface area (Å²) in [4.78, 5) is 11.8. The SMILES string of the molecule is C[C@H]1CC[C@H]2[C@@H]3CC[C@H]4NC(=O)CC[C@]4(C)[C@H]3CC[C@]12C. The van der Waals surface area contributed by atoms with Gasteiger partial charge in [0.25, 0.3) is 0 Å². The summed E-state index contributed by atoms with van der Waals surface area (Å²) in [5, 5.41) is 3.33. The summed E-state index contributed by atoms with van der Waals surface area (Å²) >= 11 is 0. The molecular weight excluding hydrogens is 258 g/mol. The van der Waals surface area contributed by atoms with Gasteiger partial charge in [0.05, 0.1) is 0 Å². The average Bonchev–Trinajstić information content (AvgIpc) is 2.76. The summed E-state index contributed by atoms with van der Waals surface area (Å²) in [6, 6.07) is 0.461.